The van der Waals surface area contributed by atoms with Crippen molar-refractivity contribution in [2.24, 2.45) is 0 Å². The van der Waals surface area contributed by atoms with Gasteiger partial charge in [0.05, 0.1) is 40.6 Å². The smallest absolute Gasteiger partial charge is 0.404 e. The van der Waals surface area contributed by atoms with Gasteiger partial charge in [0.2, 0.25) is 5.75 Å². The van der Waals surface area contributed by atoms with Crippen LogP contribution in [0.2, 0.25) is 0 Å². The SMILES string of the molecule is COc1cc(/C=C/C(=O)N2CCC=CC2=O)cc(OC)c1OCCOCCOCCNC(=O)O. The van der Waals surface area contributed by atoms with Gasteiger partial charge in [0.25, 0.3) is 11.8 Å². The predicted molar refractivity (Wildman–Crippen MR) is 122 cm³/mol. The molecule has 186 valence electrons. The van der Waals surface area contributed by atoms with Crippen molar-refractivity contribution < 1.29 is 43.2 Å². The molecule has 0 fully saturated rings. The zero-order chi connectivity index (χ0) is 24.8. The fourth-order valence-corrected chi connectivity index (χ4v) is 2.96. The molecule has 0 spiro atoms. The maximum atomic E-state index is 12.3. The van der Waals surface area contributed by atoms with Crippen LogP contribution in [-0.2, 0) is 19.1 Å². The van der Waals surface area contributed by atoms with Crippen molar-refractivity contribution in [3.63, 3.8) is 0 Å². The van der Waals surface area contributed by atoms with E-state index in [2.05, 4.69) is 5.32 Å². The van der Waals surface area contributed by atoms with E-state index in [9.17, 15) is 14.4 Å². The Morgan fingerprint density at radius 3 is 2.32 bits per heavy atom. The molecule has 0 aromatic heterocycles. The average Bonchev–Trinajstić information content (AvgIpc) is 2.83. The Kier molecular flexibility index (Phi) is 11.4. The minimum atomic E-state index is -1.09. The molecule has 0 radical (unpaired) electrons. The van der Waals surface area contributed by atoms with Crippen molar-refractivity contribution in [1.29, 1.82) is 0 Å². The minimum Gasteiger partial charge on any atom is -0.493 e. The van der Waals surface area contributed by atoms with Crippen LogP contribution in [-0.4, -0.2) is 88.3 Å². The summed E-state index contributed by atoms with van der Waals surface area (Å²) in [6, 6.07) is 3.39. The van der Waals surface area contributed by atoms with Crippen LogP contribution in [0.5, 0.6) is 17.2 Å². The Balaban J connectivity index is 1.85. The van der Waals surface area contributed by atoms with Gasteiger partial charge in [-0.15, -0.1) is 0 Å². The van der Waals surface area contributed by atoms with E-state index in [1.807, 2.05) is 0 Å². The molecule has 34 heavy (non-hydrogen) atoms. The molecule has 1 aromatic carbocycles. The lowest BCUT2D eigenvalue weighted by Gasteiger charge is -2.19. The van der Waals surface area contributed by atoms with Gasteiger partial charge >= 0.3 is 6.09 Å². The van der Waals surface area contributed by atoms with E-state index in [-0.39, 0.29) is 32.3 Å². The standard InChI is InChI=1S/C23H30N2O9/c1-30-18-15-17(6-7-21(27)25-9-4-3-5-20(25)26)16-19(31-2)22(18)34-14-13-33-12-11-32-10-8-24-23(28)29/h3,5-7,15-16,24H,4,8-14H2,1-2H3,(H,28,29)/b7-6+. The molecule has 0 saturated carbocycles. The van der Waals surface area contributed by atoms with Crippen molar-refractivity contribution in [2.45, 2.75) is 6.42 Å². The van der Waals surface area contributed by atoms with Gasteiger partial charge in [-0.2, -0.15) is 0 Å². The highest BCUT2D eigenvalue weighted by atomic mass is 16.6. The van der Waals surface area contributed by atoms with Gasteiger partial charge in [-0.05, 0) is 36.3 Å². The Morgan fingerprint density at radius 1 is 1.06 bits per heavy atom. The summed E-state index contributed by atoms with van der Waals surface area (Å²) in [6.45, 7) is 2.01. The van der Waals surface area contributed by atoms with Gasteiger partial charge in [-0.25, -0.2) is 4.79 Å². The first-order valence-electron chi connectivity index (χ1n) is 10.7. The summed E-state index contributed by atoms with van der Waals surface area (Å²) < 4.78 is 27.3. The molecule has 1 aliphatic rings. The second-order valence-corrected chi connectivity index (χ2v) is 6.91. The highest BCUT2D eigenvalue weighted by molar-refractivity contribution is 6.06. The number of nitrogens with one attached hydrogen (secondary N) is 1. The lowest BCUT2D eigenvalue weighted by molar-refractivity contribution is -0.139. The molecular formula is C23H30N2O9. The lowest BCUT2D eigenvalue weighted by Crippen LogP contribution is -2.37. The van der Waals surface area contributed by atoms with Gasteiger partial charge in [0, 0.05) is 19.2 Å². The number of methoxy groups -OCH3 is 2. The predicted octanol–water partition coefficient (Wildman–Crippen LogP) is 1.71. The number of imide groups is 1. The van der Waals surface area contributed by atoms with Crippen LogP contribution in [0, 0.1) is 0 Å². The fourth-order valence-electron chi connectivity index (χ4n) is 2.96. The molecule has 1 aliphatic heterocycles. The first kappa shape index (κ1) is 26.7. The summed E-state index contributed by atoms with van der Waals surface area (Å²) in [6.07, 6.45) is 5.60. The van der Waals surface area contributed by atoms with Crippen molar-refractivity contribution in [3.05, 3.63) is 35.9 Å². The van der Waals surface area contributed by atoms with Crippen molar-refractivity contribution in [1.82, 2.24) is 10.2 Å². The van der Waals surface area contributed by atoms with Crippen LogP contribution in [0.25, 0.3) is 6.08 Å². The molecule has 0 unspecified atom stereocenters. The second kappa shape index (κ2) is 14.6. The second-order valence-electron chi connectivity index (χ2n) is 6.91. The Morgan fingerprint density at radius 2 is 1.71 bits per heavy atom. The monoisotopic (exact) mass is 478 g/mol. The molecule has 1 heterocycles. The Bertz CT molecular complexity index is 873. The van der Waals surface area contributed by atoms with Crippen molar-refractivity contribution in [3.8, 4) is 17.2 Å². The Labute approximate surface area is 197 Å². The number of hydrogen-bond acceptors (Lipinski definition) is 8. The largest absolute Gasteiger partial charge is 0.493 e. The summed E-state index contributed by atoms with van der Waals surface area (Å²) in [5, 5.41) is 10.6. The fraction of sp³-hybridized carbons (Fsp3) is 0.435. The molecule has 0 bridgehead atoms. The number of rotatable bonds is 14. The maximum Gasteiger partial charge on any atom is 0.404 e. The first-order chi connectivity index (χ1) is 16.5. The quantitative estimate of drug-likeness (QED) is 0.303. The molecular weight excluding hydrogens is 448 g/mol. The number of nitrogens with zero attached hydrogens (tertiary/aromatic N) is 1. The van der Waals surface area contributed by atoms with Crippen LogP contribution in [0.3, 0.4) is 0 Å². The van der Waals surface area contributed by atoms with Gasteiger partial charge < -0.3 is 34.1 Å². The van der Waals surface area contributed by atoms with E-state index in [4.69, 9.17) is 28.8 Å². The molecule has 1 aromatic rings. The highest BCUT2D eigenvalue weighted by Crippen LogP contribution is 2.39. The van der Waals surface area contributed by atoms with Crippen LogP contribution in [0.4, 0.5) is 4.79 Å². The van der Waals surface area contributed by atoms with E-state index in [1.54, 1.807) is 24.3 Å². The average molecular weight is 478 g/mol. The number of ether oxygens (including phenoxy) is 5. The van der Waals surface area contributed by atoms with Gasteiger partial charge in [0.15, 0.2) is 11.5 Å². The van der Waals surface area contributed by atoms with Crippen LogP contribution < -0.4 is 19.5 Å². The molecule has 0 atom stereocenters. The van der Waals surface area contributed by atoms with E-state index in [0.717, 1.165) is 0 Å². The lowest BCUT2D eigenvalue weighted by atomic mass is 10.1. The number of amides is 3. The summed E-state index contributed by atoms with van der Waals surface area (Å²) in [4.78, 5) is 35.7. The van der Waals surface area contributed by atoms with E-state index in [0.29, 0.717) is 49.0 Å². The van der Waals surface area contributed by atoms with E-state index < -0.39 is 12.0 Å². The van der Waals surface area contributed by atoms with Crippen LogP contribution in [0.1, 0.15) is 12.0 Å². The van der Waals surface area contributed by atoms with E-state index in [1.165, 1.54) is 31.3 Å². The zero-order valence-electron chi connectivity index (χ0n) is 19.3. The topological polar surface area (TPSA) is 133 Å². The molecule has 0 saturated heterocycles. The Hall–Kier alpha value is -3.57. The van der Waals surface area contributed by atoms with Gasteiger partial charge in [0.1, 0.15) is 6.61 Å². The normalized spacial score (nSPS) is 13.2. The minimum absolute atomic E-state index is 0.213. The third-order valence-corrected chi connectivity index (χ3v) is 4.58. The summed E-state index contributed by atoms with van der Waals surface area (Å²) in [7, 11) is 2.98. The van der Waals surface area contributed by atoms with E-state index >= 15 is 0 Å². The maximum absolute atomic E-state index is 12.3. The highest BCUT2D eigenvalue weighted by Gasteiger charge is 2.19. The first-order valence-corrected chi connectivity index (χ1v) is 10.7. The zero-order valence-corrected chi connectivity index (χ0v) is 19.3. The molecule has 2 rings (SSSR count). The van der Waals surface area contributed by atoms with Crippen LogP contribution >= 0.6 is 0 Å². The number of carboxylic acid groups (broad SMARTS) is 1. The molecule has 11 nitrogen and oxygen atoms in total. The number of carbonyl (C=O) groups is 3. The van der Waals surface area contributed by atoms with Gasteiger partial charge in [-0.3, -0.25) is 14.5 Å². The molecule has 3 amide bonds. The molecule has 2 N–H and O–H groups in total. The van der Waals surface area contributed by atoms with Crippen LogP contribution in [0.15, 0.2) is 30.4 Å². The molecule has 0 aliphatic carbocycles. The van der Waals surface area contributed by atoms with Crippen molar-refractivity contribution >= 4 is 24.0 Å². The molecule has 11 heteroatoms. The number of benzene rings is 1. The number of carbonyl (C=O) groups excluding carboxylic acids is 2. The van der Waals surface area contributed by atoms with Crippen molar-refractivity contribution in [2.75, 3.05) is 60.3 Å². The summed E-state index contributed by atoms with van der Waals surface area (Å²) >= 11 is 0. The summed E-state index contributed by atoms with van der Waals surface area (Å²) in [5.41, 5.74) is 0.639. The number of hydrogen-bond donors (Lipinski definition) is 2. The third kappa shape index (κ3) is 8.75. The third-order valence-electron chi connectivity index (χ3n) is 4.58. The van der Waals surface area contributed by atoms with Gasteiger partial charge in [-0.1, -0.05) is 6.08 Å². The summed E-state index contributed by atoms with van der Waals surface area (Å²) in [5.74, 6) is 0.496.